The second-order valence-corrected chi connectivity index (χ2v) is 11.0. The summed E-state index contributed by atoms with van der Waals surface area (Å²) in [5.74, 6) is 1.37. The Morgan fingerprint density at radius 2 is 2.10 bits per heavy atom. The fourth-order valence-corrected chi connectivity index (χ4v) is 4.50. The summed E-state index contributed by atoms with van der Waals surface area (Å²) in [5, 5.41) is 7.97. The molecule has 9 heteroatoms. The second-order valence-electron chi connectivity index (χ2n) is 10.2. The normalized spacial score (nSPS) is 16.1. The zero-order chi connectivity index (χ0) is 28.0. The maximum atomic E-state index is 6.37. The summed E-state index contributed by atoms with van der Waals surface area (Å²) in [6.07, 6.45) is 10.2. The third-order valence-corrected chi connectivity index (χ3v) is 6.89. The maximum absolute atomic E-state index is 6.37. The summed E-state index contributed by atoms with van der Waals surface area (Å²) in [6.45, 7) is 11.2. The van der Waals surface area contributed by atoms with Gasteiger partial charge in [0.15, 0.2) is 11.5 Å². The van der Waals surface area contributed by atoms with Gasteiger partial charge >= 0.3 is 0 Å². The Hall–Kier alpha value is -2.23. The van der Waals surface area contributed by atoms with Gasteiger partial charge in [-0.15, -0.1) is 11.6 Å². The second kappa shape index (κ2) is 16.8. The number of hydrogen-bond donors (Lipinski definition) is 2. The number of aliphatic imine (C=N–C) groups is 1. The van der Waals surface area contributed by atoms with Crippen LogP contribution in [0.5, 0.6) is 11.5 Å². The van der Waals surface area contributed by atoms with Crippen molar-refractivity contribution < 1.29 is 14.2 Å². The number of allylic oxidation sites excluding steroid dienone is 1. The van der Waals surface area contributed by atoms with Crippen LogP contribution in [-0.4, -0.2) is 86.8 Å². The number of rotatable bonds is 18. The quantitative estimate of drug-likeness (QED) is 0.111. The van der Waals surface area contributed by atoms with Crippen molar-refractivity contribution in [3.8, 4) is 11.5 Å². The Labute approximate surface area is 239 Å². The number of fused-ring (bicyclic) bond motifs is 1. The van der Waals surface area contributed by atoms with Crippen LogP contribution in [0, 0.1) is 0 Å². The van der Waals surface area contributed by atoms with Gasteiger partial charge in [-0.2, -0.15) is 0 Å². The molecule has 0 spiro atoms. The van der Waals surface area contributed by atoms with Crippen molar-refractivity contribution in [3.05, 3.63) is 36.5 Å². The third kappa shape index (κ3) is 10.4. The average molecular weight is 560 g/mol. The molecule has 0 saturated carbocycles. The SMILES string of the molecule is CCCCNCN(C)C(/C=C\C(C)=Nc1ccnc2cc(OCCCNC3COC3)c(OC)cc12)CC(C)Cl. The number of benzene rings is 1. The first-order valence-electron chi connectivity index (χ1n) is 14.1. The van der Waals surface area contributed by atoms with Crippen molar-refractivity contribution in [3.63, 3.8) is 0 Å². The fraction of sp³-hybridized carbons (Fsp3) is 0.600. The van der Waals surface area contributed by atoms with Gasteiger partial charge in [0.05, 0.1) is 44.2 Å². The van der Waals surface area contributed by atoms with E-state index >= 15 is 0 Å². The number of nitrogens with one attached hydrogen (secondary N) is 2. The van der Waals surface area contributed by atoms with Gasteiger partial charge in [0.1, 0.15) is 0 Å². The molecular weight excluding hydrogens is 514 g/mol. The number of likely N-dealkylation sites (N-methyl/N-ethyl adjacent to an activating group) is 1. The van der Waals surface area contributed by atoms with Crippen LogP contribution in [0.1, 0.15) is 46.5 Å². The van der Waals surface area contributed by atoms with Crippen molar-refractivity contribution >= 4 is 33.9 Å². The molecule has 1 saturated heterocycles. The van der Waals surface area contributed by atoms with E-state index in [4.69, 9.17) is 30.8 Å². The molecule has 0 radical (unpaired) electrons. The first kappa shape index (κ1) is 31.3. The van der Waals surface area contributed by atoms with Crippen molar-refractivity contribution in [2.24, 2.45) is 4.99 Å². The lowest BCUT2D eigenvalue weighted by molar-refractivity contribution is -0.00523. The molecule has 216 valence electrons. The van der Waals surface area contributed by atoms with E-state index in [1.807, 2.05) is 32.0 Å². The fourth-order valence-electron chi connectivity index (χ4n) is 4.31. The monoisotopic (exact) mass is 559 g/mol. The number of nitrogens with zero attached hydrogens (tertiary/aromatic N) is 3. The highest BCUT2D eigenvalue weighted by Gasteiger charge is 2.17. The molecule has 2 aromatic rings. The van der Waals surface area contributed by atoms with Gasteiger partial charge in [0.2, 0.25) is 0 Å². The van der Waals surface area contributed by atoms with E-state index in [2.05, 4.69) is 46.6 Å². The molecule has 1 aromatic carbocycles. The lowest BCUT2D eigenvalue weighted by atomic mass is 10.1. The molecule has 1 aromatic heterocycles. The van der Waals surface area contributed by atoms with Gasteiger partial charge in [0.25, 0.3) is 0 Å². The van der Waals surface area contributed by atoms with E-state index in [1.54, 1.807) is 13.3 Å². The number of aromatic nitrogens is 1. The molecule has 2 unspecified atom stereocenters. The van der Waals surface area contributed by atoms with E-state index in [0.717, 1.165) is 68.1 Å². The summed E-state index contributed by atoms with van der Waals surface area (Å²) in [5.41, 5.74) is 2.57. The van der Waals surface area contributed by atoms with E-state index in [0.29, 0.717) is 24.1 Å². The number of halogens is 1. The number of unbranched alkanes of at least 4 members (excludes halogenated alkanes) is 1. The van der Waals surface area contributed by atoms with Crippen molar-refractivity contribution in [1.82, 2.24) is 20.5 Å². The van der Waals surface area contributed by atoms with Gasteiger partial charge in [-0.1, -0.05) is 19.4 Å². The summed E-state index contributed by atoms with van der Waals surface area (Å²) >= 11 is 6.37. The van der Waals surface area contributed by atoms with Crippen LogP contribution in [0.4, 0.5) is 5.69 Å². The van der Waals surface area contributed by atoms with Crippen LogP contribution in [0.2, 0.25) is 0 Å². The van der Waals surface area contributed by atoms with Crippen molar-refractivity contribution in [2.45, 2.75) is 63.9 Å². The van der Waals surface area contributed by atoms with E-state index in [1.165, 1.54) is 12.8 Å². The minimum atomic E-state index is 0.0802. The highest BCUT2D eigenvalue weighted by atomic mass is 35.5. The highest BCUT2D eigenvalue weighted by molar-refractivity contribution is 6.20. The lowest BCUT2D eigenvalue weighted by Gasteiger charge is -2.27. The van der Waals surface area contributed by atoms with Crippen molar-refractivity contribution in [1.29, 1.82) is 0 Å². The summed E-state index contributed by atoms with van der Waals surface area (Å²) in [7, 11) is 3.78. The van der Waals surface area contributed by atoms with Crippen LogP contribution in [0.3, 0.4) is 0 Å². The molecule has 1 aliphatic rings. The largest absolute Gasteiger partial charge is 0.493 e. The lowest BCUT2D eigenvalue weighted by Crippen LogP contribution is -2.46. The molecule has 1 fully saturated rings. The van der Waals surface area contributed by atoms with Gasteiger partial charge in [0, 0.05) is 41.4 Å². The Morgan fingerprint density at radius 1 is 1.28 bits per heavy atom. The Balaban J connectivity index is 1.68. The smallest absolute Gasteiger partial charge is 0.163 e. The molecule has 39 heavy (non-hydrogen) atoms. The van der Waals surface area contributed by atoms with Crippen LogP contribution >= 0.6 is 11.6 Å². The molecule has 2 atom stereocenters. The summed E-state index contributed by atoms with van der Waals surface area (Å²) in [6, 6.07) is 6.51. The molecule has 0 bridgehead atoms. The van der Waals surface area contributed by atoms with Gasteiger partial charge in [-0.25, -0.2) is 0 Å². The van der Waals surface area contributed by atoms with Crippen LogP contribution < -0.4 is 20.1 Å². The average Bonchev–Trinajstić information content (AvgIpc) is 2.89. The first-order valence-corrected chi connectivity index (χ1v) is 14.5. The topological polar surface area (TPSA) is 80.2 Å². The minimum absolute atomic E-state index is 0.0802. The molecule has 3 rings (SSSR count). The number of hydrogen-bond acceptors (Lipinski definition) is 8. The number of methoxy groups -OCH3 is 1. The molecular formula is C30H46ClN5O3. The molecule has 2 heterocycles. The molecule has 2 N–H and O–H groups in total. The Bertz CT molecular complexity index is 1070. The molecule has 8 nitrogen and oxygen atoms in total. The summed E-state index contributed by atoms with van der Waals surface area (Å²) in [4.78, 5) is 11.8. The van der Waals surface area contributed by atoms with Crippen LogP contribution in [0.15, 0.2) is 41.5 Å². The van der Waals surface area contributed by atoms with Crippen LogP contribution in [0.25, 0.3) is 10.9 Å². The van der Waals surface area contributed by atoms with Gasteiger partial charge in [-0.05, 0) is 71.5 Å². The van der Waals surface area contributed by atoms with Crippen LogP contribution in [-0.2, 0) is 4.74 Å². The minimum Gasteiger partial charge on any atom is -0.493 e. The molecule has 0 amide bonds. The third-order valence-electron chi connectivity index (χ3n) is 6.71. The predicted octanol–water partition coefficient (Wildman–Crippen LogP) is 5.31. The number of pyridine rings is 1. The van der Waals surface area contributed by atoms with E-state index < -0.39 is 0 Å². The standard InChI is InChI=1S/C30H46ClN5O3/c1-6-7-12-32-21-36(4)25(16-22(2)31)10-9-23(3)35-27-11-14-34-28-18-30(29(37-5)17-26(27)28)39-15-8-13-33-24-19-38-20-24/h9-11,14,17-18,22,24-25,32-33H,6-8,12-13,15-16,19-21H2,1-5H3/b10-9-,35-23?. The molecule has 0 aliphatic carbocycles. The zero-order valence-corrected chi connectivity index (χ0v) is 25.0. The Morgan fingerprint density at radius 3 is 2.79 bits per heavy atom. The Kier molecular flexibility index (Phi) is 13.5. The van der Waals surface area contributed by atoms with E-state index in [-0.39, 0.29) is 11.4 Å². The number of alkyl halides is 1. The van der Waals surface area contributed by atoms with E-state index in [9.17, 15) is 0 Å². The van der Waals surface area contributed by atoms with Gasteiger partial charge < -0.3 is 24.8 Å². The summed E-state index contributed by atoms with van der Waals surface area (Å²) < 4.78 is 16.9. The van der Waals surface area contributed by atoms with Crippen molar-refractivity contribution in [2.75, 3.05) is 53.7 Å². The highest BCUT2D eigenvalue weighted by Crippen LogP contribution is 2.35. The maximum Gasteiger partial charge on any atom is 0.163 e. The molecule has 1 aliphatic heterocycles. The first-order chi connectivity index (χ1) is 18.9. The van der Waals surface area contributed by atoms with Gasteiger partial charge in [-0.3, -0.25) is 14.9 Å². The predicted molar refractivity (Wildman–Crippen MR) is 162 cm³/mol. The number of ether oxygens (including phenoxy) is 3. The zero-order valence-electron chi connectivity index (χ0n) is 24.2.